The maximum Gasteiger partial charge on any atom is 0.237 e. The summed E-state index contributed by atoms with van der Waals surface area (Å²) in [5.41, 5.74) is 10.6. The Morgan fingerprint density at radius 2 is 2.00 bits per heavy atom. The van der Waals surface area contributed by atoms with Gasteiger partial charge in [-0.3, -0.25) is 9.59 Å². The highest BCUT2D eigenvalue weighted by molar-refractivity contribution is 5.87. The van der Waals surface area contributed by atoms with Crippen LogP contribution in [-0.2, 0) is 9.59 Å². The van der Waals surface area contributed by atoms with Crippen LogP contribution in [0.15, 0.2) is 0 Å². The third-order valence-electron chi connectivity index (χ3n) is 3.48. The molecule has 1 aliphatic rings. The molecular weight excluding hydrogens is 232 g/mol. The highest BCUT2D eigenvalue weighted by Crippen LogP contribution is 2.15. The normalized spacial score (nSPS) is 19.4. The van der Waals surface area contributed by atoms with Crippen LogP contribution in [0.5, 0.6) is 0 Å². The van der Waals surface area contributed by atoms with Gasteiger partial charge in [-0.05, 0) is 38.4 Å². The van der Waals surface area contributed by atoms with Gasteiger partial charge in [0.25, 0.3) is 0 Å². The number of rotatable bonds is 6. The van der Waals surface area contributed by atoms with Crippen molar-refractivity contribution >= 4 is 11.8 Å². The van der Waals surface area contributed by atoms with Crippen LogP contribution in [0.3, 0.4) is 0 Å². The lowest BCUT2D eigenvalue weighted by atomic mass is 9.96. The molecule has 1 fully saturated rings. The molecule has 104 valence electrons. The van der Waals surface area contributed by atoms with Crippen LogP contribution >= 0.6 is 0 Å². The molecule has 1 saturated heterocycles. The minimum Gasteiger partial charge on any atom is -0.370 e. The average Bonchev–Trinajstić information content (AvgIpc) is 2.35. The van der Waals surface area contributed by atoms with Crippen LogP contribution in [0.2, 0.25) is 0 Å². The van der Waals surface area contributed by atoms with Gasteiger partial charge in [-0.25, -0.2) is 0 Å². The first kappa shape index (κ1) is 14.9. The van der Waals surface area contributed by atoms with Gasteiger partial charge in [0.2, 0.25) is 11.8 Å². The predicted molar refractivity (Wildman–Crippen MR) is 69.6 cm³/mol. The minimum atomic E-state index is -0.821. The lowest BCUT2D eigenvalue weighted by molar-refractivity contribution is -0.126. The zero-order valence-corrected chi connectivity index (χ0v) is 11.0. The molecule has 0 bridgehead atoms. The van der Waals surface area contributed by atoms with Crippen molar-refractivity contribution in [1.29, 1.82) is 0 Å². The van der Waals surface area contributed by atoms with E-state index in [2.05, 4.69) is 17.1 Å². The van der Waals surface area contributed by atoms with Crippen molar-refractivity contribution < 1.29 is 9.59 Å². The molecule has 0 spiro atoms. The van der Waals surface area contributed by atoms with E-state index in [1.165, 1.54) is 0 Å². The van der Waals surface area contributed by atoms with Crippen LogP contribution < -0.4 is 16.8 Å². The molecule has 1 rings (SSSR count). The predicted octanol–water partition coefficient (Wildman–Crippen LogP) is -0.963. The maximum atomic E-state index is 11.6. The average molecular weight is 256 g/mol. The van der Waals surface area contributed by atoms with Crippen LogP contribution in [0.1, 0.15) is 26.2 Å². The zero-order valence-electron chi connectivity index (χ0n) is 11.0. The van der Waals surface area contributed by atoms with Gasteiger partial charge in [-0.1, -0.05) is 6.92 Å². The molecule has 2 amide bonds. The van der Waals surface area contributed by atoms with Crippen molar-refractivity contribution in [2.45, 2.75) is 32.2 Å². The molecule has 1 aliphatic heterocycles. The van der Waals surface area contributed by atoms with Gasteiger partial charge >= 0.3 is 0 Å². The number of hydrogen-bond acceptors (Lipinski definition) is 4. The first-order valence-electron chi connectivity index (χ1n) is 6.56. The van der Waals surface area contributed by atoms with E-state index < -0.39 is 11.9 Å². The van der Waals surface area contributed by atoms with Gasteiger partial charge in [-0.2, -0.15) is 0 Å². The summed E-state index contributed by atoms with van der Waals surface area (Å²) >= 11 is 0. The third-order valence-corrected chi connectivity index (χ3v) is 3.48. The van der Waals surface area contributed by atoms with Crippen molar-refractivity contribution in [2.24, 2.45) is 17.4 Å². The smallest absolute Gasteiger partial charge is 0.237 e. The highest BCUT2D eigenvalue weighted by atomic mass is 16.2. The Bertz CT molecular complexity index is 288. The summed E-state index contributed by atoms with van der Waals surface area (Å²) in [4.78, 5) is 24.6. The number of nitrogens with zero attached hydrogens (tertiary/aromatic N) is 1. The molecule has 1 unspecified atom stereocenters. The first-order chi connectivity index (χ1) is 8.52. The van der Waals surface area contributed by atoms with E-state index >= 15 is 0 Å². The molecule has 6 nitrogen and oxygen atoms in total. The fourth-order valence-corrected chi connectivity index (χ4v) is 2.19. The molecule has 0 saturated carbocycles. The molecule has 0 radical (unpaired) electrons. The Morgan fingerprint density at radius 1 is 1.39 bits per heavy atom. The Morgan fingerprint density at radius 3 is 2.50 bits per heavy atom. The van der Waals surface area contributed by atoms with E-state index in [0.29, 0.717) is 12.5 Å². The van der Waals surface area contributed by atoms with Crippen LogP contribution in [0, 0.1) is 5.92 Å². The topological polar surface area (TPSA) is 101 Å². The Labute approximate surface area is 108 Å². The molecule has 18 heavy (non-hydrogen) atoms. The summed E-state index contributed by atoms with van der Waals surface area (Å²) in [7, 11) is 0. The van der Waals surface area contributed by atoms with E-state index in [4.69, 9.17) is 11.5 Å². The van der Waals surface area contributed by atoms with Crippen LogP contribution in [0.4, 0.5) is 0 Å². The van der Waals surface area contributed by atoms with Gasteiger partial charge in [0.1, 0.15) is 0 Å². The number of likely N-dealkylation sites (tertiary alicyclic amines) is 1. The summed E-state index contributed by atoms with van der Waals surface area (Å²) in [6, 6.07) is -0.821. The highest BCUT2D eigenvalue weighted by Gasteiger charge is 2.20. The Kier molecular flexibility index (Phi) is 6.07. The number of piperidine rings is 1. The summed E-state index contributed by atoms with van der Waals surface area (Å²) in [5, 5.41) is 2.80. The Balaban J connectivity index is 2.21. The SMILES string of the molecule is CCN1CCC(CNC(=O)C(N)CC(N)=O)CC1. The van der Waals surface area contributed by atoms with Gasteiger partial charge in [-0.15, -0.1) is 0 Å². The molecule has 1 atom stereocenters. The molecule has 0 aliphatic carbocycles. The number of hydrogen-bond donors (Lipinski definition) is 3. The van der Waals surface area contributed by atoms with Crippen molar-refractivity contribution in [1.82, 2.24) is 10.2 Å². The molecule has 0 aromatic rings. The quantitative estimate of drug-likeness (QED) is 0.569. The monoisotopic (exact) mass is 256 g/mol. The zero-order chi connectivity index (χ0) is 13.5. The standard InChI is InChI=1S/C12H24N4O2/c1-2-16-5-3-9(4-6-16)8-15-12(18)10(13)7-11(14)17/h9-10H,2-8,13H2,1H3,(H2,14,17)(H,15,18). The second-order valence-electron chi connectivity index (χ2n) is 4.90. The van der Waals surface area contributed by atoms with E-state index in [-0.39, 0.29) is 12.3 Å². The molecule has 1 heterocycles. The number of amides is 2. The second kappa shape index (κ2) is 7.33. The molecule has 0 aromatic heterocycles. The number of primary amides is 1. The van der Waals surface area contributed by atoms with Crippen LogP contribution in [0.25, 0.3) is 0 Å². The van der Waals surface area contributed by atoms with Gasteiger partial charge in [0.05, 0.1) is 12.5 Å². The molecule has 6 heteroatoms. The molecular formula is C12H24N4O2. The van der Waals surface area contributed by atoms with E-state index in [0.717, 1.165) is 32.5 Å². The lowest BCUT2D eigenvalue weighted by Gasteiger charge is -2.31. The molecule has 0 aromatic carbocycles. The van der Waals surface area contributed by atoms with Crippen molar-refractivity contribution in [3.63, 3.8) is 0 Å². The van der Waals surface area contributed by atoms with Gasteiger partial charge in [0.15, 0.2) is 0 Å². The summed E-state index contributed by atoms with van der Waals surface area (Å²) in [6.07, 6.45) is 2.10. The summed E-state index contributed by atoms with van der Waals surface area (Å²) in [6.45, 7) is 6.06. The maximum absolute atomic E-state index is 11.6. The minimum absolute atomic E-state index is 0.0971. The van der Waals surface area contributed by atoms with Crippen molar-refractivity contribution in [3.8, 4) is 0 Å². The summed E-state index contributed by atoms with van der Waals surface area (Å²) in [5.74, 6) is -0.321. The van der Waals surface area contributed by atoms with E-state index in [9.17, 15) is 9.59 Å². The number of carbonyl (C=O) groups is 2. The second-order valence-corrected chi connectivity index (χ2v) is 4.90. The third kappa shape index (κ3) is 5.01. The molecule has 5 N–H and O–H groups in total. The summed E-state index contributed by atoms with van der Waals surface area (Å²) < 4.78 is 0. The fourth-order valence-electron chi connectivity index (χ4n) is 2.19. The number of nitrogens with one attached hydrogen (secondary N) is 1. The number of carbonyl (C=O) groups excluding carboxylic acids is 2. The van der Waals surface area contributed by atoms with E-state index in [1.54, 1.807) is 0 Å². The fraction of sp³-hybridized carbons (Fsp3) is 0.833. The first-order valence-corrected chi connectivity index (χ1v) is 6.56. The van der Waals surface area contributed by atoms with Crippen molar-refractivity contribution in [2.75, 3.05) is 26.2 Å². The largest absolute Gasteiger partial charge is 0.370 e. The van der Waals surface area contributed by atoms with Gasteiger partial charge < -0.3 is 21.7 Å². The van der Waals surface area contributed by atoms with Gasteiger partial charge in [0, 0.05) is 6.54 Å². The number of nitrogens with two attached hydrogens (primary N) is 2. The van der Waals surface area contributed by atoms with Crippen molar-refractivity contribution in [3.05, 3.63) is 0 Å². The lowest BCUT2D eigenvalue weighted by Crippen LogP contribution is -2.45. The van der Waals surface area contributed by atoms with Crippen LogP contribution in [-0.4, -0.2) is 48.9 Å². The van der Waals surface area contributed by atoms with E-state index in [1.807, 2.05) is 0 Å². The Hall–Kier alpha value is -1.14.